The Hall–Kier alpha value is -1.93. The van der Waals surface area contributed by atoms with E-state index >= 15 is 0 Å². The average molecular weight is 375 g/mol. The van der Waals surface area contributed by atoms with Gasteiger partial charge >= 0.3 is 0 Å². The van der Waals surface area contributed by atoms with Crippen LogP contribution in [0.2, 0.25) is 0 Å². The van der Waals surface area contributed by atoms with Crippen LogP contribution in [0.3, 0.4) is 0 Å². The fourth-order valence-electron chi connectivity index (χ4n) is 3.42. The molecule has 8 nitrogen and oxygen atoms in total. The van der Waals surface area contributed by atoms with Crippen LogP contribution in [0.25, 0.3) is 0 Å². The molecule has 3 heterocycles. The molecule has 0 aromatic carbocycles. The molecule has 148 valence electrons. The Morgan fingerprint density at radius 1 is 1.15 bits per heavy atom. The first-order valence-corrected chi connectivity index (χ1v) is 10.1. The standard InChI is InChI=1S/C19H29N5O3/c25-18(16-3-1-2-10-27-16)20-7-6-15-13-17(24-8-11-26-12-9-24)23-19(22-15)21-14-4-5-14/h13-14,16H,1-12H2,(H,20,25)(H,21,22,23). The van der Waals surface area contributed by atoms with Gasteiger partial charge in [-0.1, -0.05) is 0 Å². The Morgan fingerprint density at radius 2 is 2.00 bits per heavy atom. The second kappa shape index (κ2) is 8.84. The van der Waals surface area contributed by atoms with Gasteiger partial charge in [0.05, 0.1) is 13.2 Å². The van der Waals surface area contributed by atoms with Crippen molar-refractivity contribution in [2.24, 2.45) is 0 Å². The third-order valence-corrected chi connectivity index (χ3v) is 5.16. The first kappa shape index (κ1) is 18.4. The molecule has 2 saturated heterocycles. The van der Waals surface area contributed by atoms with E-state index < -0.39 is 0 Å². The smallest absolute Gasteiger partial charge is 0.249 e. The first-order valence-electron chi connectivity index (χ1n) is 10.1. The maximum Gasteiger partial charge on any atom is 0.249 e. The summed E-state index contributed by atoms with van der Waals surface area (Å²) in [6.45, 7) is 4.37. The molecule has 1 amide bonds. The van der Waals surface area contributed by atoms with Gasteiger partial charge < -0.3 is 25.0 Å². The lowest BCUT2D eigenvalue weighted by Crippen LogP contribution is -2.39. The van der Waals surface area contributed by atoms with Crippen molar-refractivity contribution in [1.82, 2.24) is 15.3 Å². The predicted octanol–water partition coefficient (Wildman–Crippen LogP) is 1.12. The largest absolute Gasteiger partial charge is 0.378 e. The number of nitrogens with one attached hydrogen (secondary N) is 2. The molecule has 0 bridgehead atoms. The van der Waals surface area contributed by atoms with E-state index in [9.17, 15) is 4.79 Å². The highest BCUT2D eigenvalue weighted by Gasteiger charge is 2.24. The number of hydrogen-bond donors (Lipinski definition) is 2. The van der Waals surface area contributed by atoms with Gasteiger partial charge in [0.1, 0.15) is 11.9 Å². The molecule has 1 aromatic heterocycles. The molecule has 1 unspecified atom stereocenters. The lowest BCUT2D eigenvalue weighted by atomic mass is 10.1. The summed E-state index contributed by atoms with van der Waals surface area (Å²) >= 11 is 0. The zero-order valence-electron chi connectivity index (χ0n) is 15.8. The molecule has 3 fully saturated rings. The number of nitrogens with zero attached hydrogens (tertiary/aromatic N) is 3. The van der Waals surface area contributed by atoms with E-state index in [1.54, 1.807) is 0 Å². The van der Waals surface area contributed by atoms with Gasteiger partial charge in [0.25, 0.3) is 0 Å². The lowest BCUT2D eigenvalue weighted by Gasteiger charge is -2.28. The highest BCUT2D eigenvalue weighted by atomic mass is 16.5. The molecule has 0 spiro atoms. The number of aromatic nitrogens is 2. The molecule has 2 N–H and O–H groups in total. The fraction of sp³-hybridized carbons (Fsp3) is 0.737. The van der Waals surface area contributed by atoms with Crippen LogP contribution in [-0.4, -0.2) is 67.5 Å². The van der Waals surface area contributed by atoms with Crippen molar-refractivity contribution >= 4 is 17.7 Å². The summed E-state index contributed by atoms with van der Waals surface area (Å²) in [5.41, 5.74) is 0.944. The zero-order valence-corrected chi connectivity index (χ0v) is 15.8. The Bertz CT molecular complexity index is 640. The van der Waals surface area contributed by atoms with E-state index in [2.05, 4.69) is 20.5 Å². The monoisotopic (exact) mass is 375 g/mol. The second-order valence-corrected chi connectivity index (χ2v) is 7.46. The van der Waals surface area contributed by atoms with E-state index in [0.29, 0.717) is 31.6 Å². The van der Waals surface area contributed by atoms with E-state index in [4.69, 9.17) is 14.5 Å². The molecule has 0 radical (unpaired) electrons. The van der Waals surface area contributed by atoms with Crippen LogP contribution in [0.5, 0.6) is 0 Å². The van der Waals surface area contributed by atoms with Crippen molar-refractivity contribution in [3.8, 4) is 0 Å². The summed E-state index contributed by atoms with van der Waals surface area (Å²) in [5, 5.41) is 6.39. The normalized spacial score (nSPS) is 23.1. The average Bonchev–Trinajstić information content (AvgIpc) is 3.53. The van der Waals surface area contributed by atoms with Crippen LogP contribution in [0, 0.1) is 0 Å². The molecule has 4 rings (SSSR count). The van der Waals surface area contributed by atoms with Crippen LogP contribution in [0.15, 0.2) is 6.07 Å². The SMILES string of the molecule is O=C(NCCc1cc(N2CCOCC2)nc(NC2CC2)n1)C1CCCCO1. The number of hydrogen-bond acceptors (Lipinski definition) is 7. The summed E-state index contributed by atoms with van der Waals surface area (Å²) < 4.78 is 11.0. The molecule has 8 heteroatoms. The minimum absolute atomic E-state index is 0.00603. The van der Waals surface area contributed by atoms with E-state index in [-0.39, 0.29) is 12.0 Å². The molecule has 2 aliphatic heterocycles. The van der Waals surface area contributed by atoms with Crippen molar-refractivity contribution in [2.45, 2.75) is 50.7 Å². The third-order valence-electron chi connectivity index (χ3n) is 5.16. The summed E-state index contributed by atoms with van der Waals surface area (Å²) in [7, 11) is 0. The summed E-state index contributed by atoms with van der Waals surface area (Å²) in [4.78, 5) is 23.8. The molecule has 1 saturated carbocycles. The minimum atomic E-state index is -0.292. The number of morpholine rings is 1. The van der Waals surface area contributed by atoms with Gasteiger partial charge in [-0.05, 0) is 32.1 Å². The van der Waals surface area contributed by atoms with Crippen LogP contribution in [0.4, 0.5) is 11.8 Å². The molecule has 1 aliphatic carbocycles. The third kappa shape index (κ3) is 5.29. The second-order valence-electron chi connectivity index (χ2n) is 7.46. The summed E-state index contributed by atoms with van der Waals surface area (Å²) in [6, 6.07) is 2.54. The van der Waals surface area contributed by atoms with E-state index in [1.165, 1.54) is 12.8 Å². The predicted molar refractivity (Wildman–Crippen MR) is 102 cm³/mol. The van der Waals surface area contributed by atoms with Crippen molar-refractivity contribution in [2.75, 3.05) is 49.7 Å². The van der Waals surface area contributed by atoms with Crippen molar-refractivity contribution in [3.05, 3.63) is 11.8 Å². The van der Waals surface area contributed by atoms with E-state index in [1.807, 2.05) is 6.07 Å². The number of ether oxygens (including phenoxy) is 2. The van der Waals surface area contributed by atoms with Crippen LogP contribution >= 0.6 is 0 Å². The molecular formula is C19H29N5O3. The van der Waals surface area contributed by atoms with Gasteiger partial charge in [-0.3, -0.25) is 4.79 Å². The topological polar surface area (TPSA) is 88.6 Å². The molecule has 1 atom stereocenters. The Balaban J connectivity index is 1.37. The lowest BCUT2D eigenvalue weighted by molar-refractivity contribution is -0.135. The number of carbonyl (C=O) groups is 1. The maximum absolute atomic E-state index is 12.2. The fourth-order valence-corrected chi connectivity index (χ4v) is 3.42. The van der Waals surface area contributed by atoms with Gasteiger partial charge in [-0.2, -0.15) is 4.98 Å². The number of carbonyl (C=O) groups excluding carboxylic acids is 1. The first-order chi connectivity index (χ1) is 13.3. The minimum Gasteiger partial charge on any atom is -0.378 e. The van der Waals surface area contributed by atoms with E-state index in [0.717, 1.165) is 57.1 Å². The van der Waals surface area contributed by atoms with Gasteiger partial charge in [-0.25, -0.2) is 4.98 Å². The molecule has 27 heavy (non-hydrogen) atoms. The molecule has 1 aromatic rings. The Morgan fingerprint density at radius 3 is 2.74 bits per heavy atom. The van der Waals surface area contributed by atoms with Crippen LogP contribution in [-0.2, 0) is 20.7 Å². The maximum atomic E-state index is 12.2. The quantitative estimate of drug-likeness (QED) is 0.738. The van der Waals surface area contributed by atoms with Gasteiger partial charge in [0, 0.05) is 50.5 Å². The molecule has 3 aliphatic rings. The Kier molecular flexibility index (Phi) is 6.03. The molecular weight excluding hydrogens is 346 g/mol. The summed E-state index contributed by atoms with van der Waals surface area (Å²) in [5.74, 6) is 1.63. The van der Waals surface area contributed by atoms with Crippen molar-refractivity contribution in [1.29, 1.82) is 0 Å². The van der Waals surface area contributed by atoms with Crippen LogP contribution < -0.4 is 15.5 Å². The number of rotatable bonds is 7. The van der Waals surface area contributed by atoms with Crippen molar-refractivity contribution in [3.63, 3.8) is 0 Å². The van der Waals surface area contributed by atoms with Gasteiger partial charge in [-0.15, -0.1) is 0 Å². The summed E-state index contributed by atoms with van der Waals surface area (Å²) in [6.07, 6.45) is 5.67. The number of anilines is 2. The Labute approximate surface area is 160 Å². The highest BCUT2D eigenvalue weighted by Crippen LogP contribution is 2.25. The van der Waals surface area contributed by atoms with Crippen LogP contribution in [0.1, 0.15) is 37.8 Å². The van der Waals surface area contributed by atoms with Crippen molar-refractivity contribution < 1.29 is 14.3 Å². The highest BCUT2D eigenvalue weighted by molar-refractivity contribution is 5.80. The number of amides is 1. The van der Waals surface area contributed by atoms with Gasteiger partial charge in [0.15, 0.2) is 0 Å². The van der Waals surface area contributed by atoms with Gasteiger partial charge in [0.2, 0.25) is 11.9 Å². The zero-order chi connectivity index (χ0) is 18.5.